The van der Waals surface area contributed by atoms with Crippen molar-refractivity contribution in [2.45, 2.75) is 31.8 Å². The summed E-state index contributed by atoms with van der Waals surface area (Å²) in [5, 5.41) is 0.804. The van der Waals surface area contributed by atoms with Crippen molar-refractivity contribution in [3.8, 4) is 0 Å². The number of furan rings is 1. The summed E-state index contributed by atoms with van der Waals surface area (Å²) < 4.78 is 5.49. The van der Waals surface area contributed by atoms with E-state index in [0.29, 0.717) is 12.6 Å². The van der Waals surface area contributed by atoms with Gasteiger partial charge in [0.25, 0.3) is 0 Å². The van der Waals surface area contributed by atoms with Crippen molar-refractivity contribution in [3.05, 3.63) is 52.9 Å². The van der Waals surface area contributed by atoms with Gasteiger partial charge in [-0.3, -0.25) is 0 Å². The van der Waals surface area contributed by atoms with Crippen LogP contribution in [0, 0.1) is 0 Å². The Labute approximate surface area is 124 Å². The first-order valence-electron chi connectivity index (χ1n) is 7.06. The lowest BCUT2D eigenvalue weighted by atomic mass is 10.1. The van der Waals surface area contributed by atoms with Gasteiger partial charge < -0.3 is 15.1 Å². The molecule has 0 amide bonds. The maximum atomic E-state index is 6.35. The molecule has 1 fully saturated rings. The minimum absolute atomic E-state index is 0.593. The highest BCUT2D eigenvalue weighted by atomic mass is 35.5. The molecule has 0 atom stereocenters. The zero-order valence-corrected chi connectivity index (χ0v) is 12.1. The van der Waals surface area contributed by atoms with E-state index in [0.717, 1.165) is 29.3 Å². The number of rotatable bonds is 6. The largest absolute Gasteiger partial charge is 0.467 e. The van der Waals surface area contributed by atoms with E-state index in [2.05, 4.69) is 11.0 Å². The highest BCUT2D eigenvalue weighted by Crippen LogP contribution is 2.37. The van der Waals surface area contributed by atoms with Crippen LogP contribution in [-0.4, -0.2) is 12.6 Å². The molecular weight excluding hydrogens is 272 g/mol. The summed E-state index contributed by atoms with van der Waals surface area (Å²) in [4.78, 5) is 2.40. The van der Waals surface area contributed by atoms with Crippen molar-refractivity contribution in [3.63, 3.8) is 0 Å². The molecule has 1 saturated carbocycles. The molecular formula is C16H19ClN2O. The van der Waals surface area contributed by atoms with Crippen molar-refractivity contribution < 1.29 is 4.42 Å². The molecule has 0 bridgehead atoms. The quantitative estimate of drug-likeness (QED) is 0.884. The van der Waals surface area contributed by atoms with Crippen LogP contribution in [0.5, 0.6) is 0 Å². The van der Waals surface area contributed by atoms with Gasteiger partial charge in [-0.1, -0.05) is 17.7 Å². The summed E-state index contributed by atoms with van der Waals surface area (Å²) in [6.45, 7) is 1.39. The number of anilines is 1. The van der Waals surface area contributed by atoms with Crippen LogP contribution in [0.1, 0.15) is 24.2 Å². The minimum Gasteiger partial charge on any atom is -0.467 e. The third kappa shape index (κ3) is 2.84. The van der Waals surface area contributed by atoms with Crippen LogP contribution in [0.25, 0.3) is 0 Å². The lowest BCUT2D eigenvalue weighted by Crippen LogP contribution is -2.26. The van der Waals surface area contributed by atoms with E-state index in [4.69, 9.17) is 21.8 Å². The number of nitrogens with zero attached hydrogens (tertiary/aromatic N) is 1. The van der Waals surface area contributed by atoms with Gasteiger partial charge in [-0.2, -0.15) is 0 Å². The Kier molecular flexibility index (Phi) is 3.99. The molecule has 3 rings (SSSR count). The molecule has 4 heteroatoms. The van der Waals surface area contributed by atoms with Crippen molar-refractivity contribution in [2.75, 3.05) is 11.4 Å². The zero-order valence-electron chi connectivity index (χ0n) is 11.4. The SMILES string of the molecule is NCCc1c(Cl)cccc1N(Cc1ccco1)C1CC1. The average molecular weight is 291 g/mol. The fourth-order valence-electron chi connectivity index (χ4n) is 2.58. The second kappa shape index (κ2) is 5.90. The second-order valence-electron chi connectivity index (χ2n) is 5.21. The lowest BCUT2D eigenvalue weighted by molar-refractivity contribution is 0.501. The fourth-order valence-corrected chi connectivity index (χ4v) is 2.84. The number of benzene rings is 1. The topological polar surface area (TPSA) is 42.4 Å². The van der Waals surface area contributed by atoms with E-state index >= 15 is 0 Å². The predicted molar refractivity (Wildman–Crippen MR) is 82.1 cm³/mol. The van der Waals surface area contributed by atoms with Crippen LogP contribution < -0.4 is 10.6 Å². The van der Waals surface area contributed by atoms with Crippen LogP contribution in [0.2, 0.25) is 5.02 Å². The van der Waals surface area contributed by atoms with Gasteiger partial charge in [0.1, 0.15) is 5.76 Å². The molecule has 0 unspecified atom stereocenters. The second-order valence-corrected chi connectivity index (χ2v) is 5.62. The van der Waals surface area contributed by atoms with E-state index in [1.54, 1.807) is 6.26 Å². The van der Waals surface area contributed by atoms with E-state index < -0.39 is 0 Å². The summed E-state index contributed by atoms with van der Waals surface area (Å²) in [7, 11) is 0. The van der Waals surface area contributed by atoms with E-state index in [1.807, 2.05) is 24.3 Å². The van der Waals surface area contributed by atoms with Gasteiger partial charge in [-0.15, -0.1) is 0 Å². The third-order valence-electron chi connectivity index (χ3n) is 3.69. The van der Waals surface area contributed by atoms with E-state index in [9.17, 15) is 0 Å². The van der Waals surface area contributed by atoms with E-state index in [-0.39, 0.29) is 0 Å². The number of hydrogen-bond donors (Lipinski definition) is 1. The van der Waals surface area contributed by atoms with Gasteiger partial charge in [0.05, 0.1) is 12.8 Å². The van der Waals surface area contributed by atoms with Gasteiger partial charge >= 0.3 is 0 Å². The Bertz CT molecular complexity index is 564. The van der Waals surface area contributed by atoms with Gasteiger partial charge in [-0.25, -0.2) is 0 Å². The van der Waals surface area contributed by atoms with Crippen molar-refractivity contribution in [1.82, 2.24) is 0 Å². The molecule has 2 aromatic rings. The van der Waals surface area contributed by atoms with Gasteiger partial charge in [-0.05, 0) is 55.6 Å². The molecule has 0 radical (unpaired) electrons. The Morgan fingerprint density at radius 2 is 2.10 bits per heavy atom. The van der Waals surface area contributed by atoms with Crippen LogP contribution in [0.3, 0.4) is 0 Å². The van der Waals surface area contributed by atoms with E-state index in [1.165, 1.54) is 18.5 Å². The minimum atomic E-state index is 0.593. The molecule has 3 nitrogen and oxygen atoms in total. The van der Waals surface area contributed by atoms with Crippen molar-refractivity contribution in [2.24, 2.45) is 5.73 Å². The molecule has 1 aliphatic rings. The summed E-state index contributed by atoms with van der Waals surface area (Å²) in [5.41, 5.74) is 8.07. The molecule has 1 aromatic heterocycles. The molecule has 20 heavy (non-hydrogen) atoms. The first-order chi connectivity index (χ1) is 9.79. The molecule has 0 spiro atoms. The highest BCUT2D eigenvalue weighted by Gasteiger charge is 2.31. The maximum Gasteiger partial charge on any atom is 0.123 e. The fraction of sp³-hybridized carbons (Fsp3) is 0.375. The summed E-state index contributed by atoms with van der Waals surface area (Å²) >= 11 is 6.35. The van der Waals surface area contributed by atoms with Gasteiger partial charge in [0, 0.05) is 16.8 Å². The zero-order chi connectivity index (χ0) is 13.9. The number of halogens is 1. The van der Waals surface area contributed by atoms with Gasteiger partial charge in [0.2, 0.25) is 0 Å². The molecule has 0 aliphatic heterocycles. The highest BCUT2D eigenvalue weighted by molar-refractivity contribution is 6.31. The first kappa shape index (κ1) is 13.5. The Hall–Kier alpha value is -1.45. The molecule has 1 aliphatic carbocycles. The summed E-state index contributed by atoms with van der Waals surface area (Å²) in [6, 6.07) is 10.6. The monoisotopic (exact) mass is 290 g/mol. The predicted octanol–water partition coefficient (Wildman–Crippen LogP) is 3.60. The van der Waals surface area contributed by atoms with Crippen LogP contribution in [-0.2, 0) is 13.0 Å². The Morgan fingerprint density at radius 1 is 1.25 bits per heavy atom. The number of hydrogen-bond acceptors (Lipinski definition) is 3. The summed E-state index contributed by atoms with van der Waals surface area (Å²) in [5.74, 6) is 0.982. The Morgan fingerprint density at radius 3 is 2.75 bits per heavy atom. The van der Waals surface area contributed by atoms with Crippen LogP contribution >= 0.6 is 11.6 Å². The van der Waals surface area contributed by atoms with Crippen LogP contribution in [0.15, 0.2) is 41.0 Å². The molecule has 1 aromatic carbocycles. The molecule has 1 heterocycles. The normalized spacial score (nSPS) is 14.5. The van der Waals surface area contributed by atoms with Crippen molar-refractivity contribution >= 4 is 17.3 Å². The lowest BCUT2D eigenvalue weighted by Gasteiger charge is -2.27. The van der Waals surface area contributed by atoms with Crippen LogP contribution in [0.4, 0.5) is 5.69 Å². The first-order valence-corrected chi connectivity index (χ1v) is 7.44. The standard InChI is InChI=1S/C16H19ClN2O/c17-15-4-1-5-16(14(15)8-9-18)19(12-6-7-12)11-13-3-2-10-20-13/h1-5,10,12H,6-9,11,18H2. The maximum absolute atomic E-state index is 6.35. The number of nitrogens with two attached hydrogens (primary N) is 1. The third-order valence-corrected chi connectivity index (χ3v) is 4.05. The summed E-state index contributed by atoms with van der Waals surface area (Å²) in [6.07, 6.45) is 4.99. The average Bonchev–Trinajstić information content (AvgIpc) is 3.16. The Balaban J connectivity index is 1.93. The molecule has 106 valence electrons. The molecule has 2 N–H and O–H groups in total. The smallest absolute Gasteiger partial charge is 0.123 e. The van der Waals surface area contributed by atoms with Gasteiger partial charge in [0.15, 0.2) is 0 Å². The molecule has 0 saturated heterocycles. The van der Waals surface area contributed by atoms with Crippen molar-refractivity contribution in [1.29, 1.82) is 0 Å².